The van der Waals surface area contributed by atoms with Gasteiger partial charge in [-0.15, -0.1) is 0 Å². The van der Waals surface area contributed by atoms with Gasteiger partial charge in [0.2, 0.25) is 0 Å². The monoisotopic (exact) mass is 284 g/mol. The lowest BCUT2D eigenvalue weighted by Gasteiger charge is -2.31. The number of nitrogens with zero attached hydrogens (tertiary/aromatic N) is 1. The van der Waals surface area contributed by atoms with Gasteiger partial charge in [0.15, 0.2) is 0 Å². The van der Waals surface area contributed by atoms with Crippen LogP contribution in [-0.2, 0) is 0 Å². The van der Waals surface area contributed by atoms with Crippen LogP contribution in [-0.4, -0.2) is 65.1 Å². The van der Waals surface area contributed by atoms with Crippen molar-refractivity contribution in [3.8, 4) is 0 Å². The topological polar surface area (TPSA) is 174 Å². The lowest BCUT2D eigenvalue weighted by Crippen LogP contribution is -3.15. The standard InChI is InChI=1S/C11H20N2O2.4H2O/c1-12(10(14)15)9-6-11-4-2-7-13(11)8-3-5-11;;;;/h2-9H2,1H3,(H,14,15);4*1H2. The quantitative estimate of drug-likeness (QED) is 0.551. The SMILES string of the molecule is CN(CCC12CCC[NH+]1CCC2)C(=O)[O-].O.O.O.O. The molecule has 2 fully saturated rings. The first-order valence-corrected chi connectivity index (χ1v) is 5.91. The fourth-order valence-electron chi connectivity index (χ4n) is 3.31. The molecule has 1 amide bonds. The van der Waals surface area contributed by atoms with Gasteiger partial charge in [0.25, 0.3) is 0 Å². The number of hydrogen-bond donors (Lipinski definition) is 1. The van der Waals surface area contributed by atoms with E-state index in [2.05, 4.69) is 0 Å². The molecule has 0 atom stereocenters. The number of amides is 1. The van der Waals surface area contributed by atoms with Crippen molar-refractivity contribution in [2.75, 3.05) is 26.7 Å². The number of carbonyl (C=O) groups excluding carboxylic acids is 1. The molecule has 0 aromatic carbocycles. The molecule has 19 heavy (non-hydrogen) atoms. The first-order valence-electron chi connectivity index (χ1n) is 5.91. The van der Waals surface area contributed by atoms with E-state index in [1.807, 2.05) is 0 Å². The van der Waals surface area contributed by atoms with Gasteiger partial charge in [0.1, 0.15) is 6.09 Å². The van der Waals surface area contributed by atoms with Crippen LogP contribution in [0.2, 0.25) is 0 Å². The van der Waals surface area contributed by atoms with E-state index in [-0.39, 0.29) is 21.9 Å². The Bertz CT molecular complexity index is 254. The normalized spacial score (nSPS) is 26.9. The van der Waals surface area contributed by atoms with Gasteiger partial charge in [-0.3, -0.25) is 0 Å². The van der Waals surface area contributed by atoms with Gasteiger partial charge in [-0.05, 0) is 0 Å². The molecule has 118 valence electrons. The Hall–Kier alpha value is -0.930. The predicted molar refractivity (Wildman–Crippen MR) is 69.0 cm³/mol. The Balaban J connectivity index is -0.000000640. The third-order valence-corrected chi connectivity index (χ3v) is 4.26. The Morgan fingerprint density at radius 3 is 2.05 bits per heavy atom. The van der Waals surface area contributed by atoms with Crippen LogP contribution >= 0.6 is 0 Å². The molecule has 8 heteroatoms. The Morgan fingerprint density at radius 2 is 1.63 bits per heavy atom. The van der Waals surface area contributed by atoms with Crippen molar-refractivity contribution in [2.45, 2.75) is 37.6 Å². The molecule has 2 heterocycles. The van der Waals surface area contributed by atoms with E-state index in [1.54, 1.807) is 11.9 Å². The van der Waals surface area contributed by atoms with Gasteiger partial charge in [0, 0.05) is 45.7 Å². The fraction of sp³-hybridized carbons (Fsp3) is 0.909. The van der Waals surface area contributed by atoms with E-state index in [1.165, 1.54) is 43.7 Å². The van der Waals surface area contributed by atoms with Gasteiger partial charge in [0.05, 0.1) is 18.6 Å². The summed E-state index contributed by atoms with van der Waals surface area (Å²) >= 11 is 0. The van der Waals surface area contributed by atoms with Crippen molar-refractivity contribution in [1.82, 2.24) is 4.90 Å². The summed E-state index contributed by atoms with van der Waals surface area (Å²) in [6.07, 6.45) is 5.14. The van der Waals surface area contributed by atoms with Crippen molar-refractivity contribution < 1.29 is 36.7 Å². The number of fused-ring (bicyclic) bond motifs is 1. The molecule has 0 aliphatic carbocycles. The molecule has 9 N–H and O–H groups in total. The number of carboxylic acid groups (broad SMARTS) is 1. The van der Waals surface area contributed by atoms with Crippen LogP contribution in [0.25, 0.3) is 0 Å². The third kappa shape index (κ3) is 4.59. The molecule has 0 radical (unpaired) electrons. The summed E-state index contributed by atoms with van der Waals surface area (Å²) in [6, 6.07) is 0. The first-order chi connectivity index (χ1) is 7.14. The first kappa shape index (κ1) is 23.2. The van der Waals surface area contributed by atoms with Crippen LogP contribution < -0.4 is 10.0 Å². The molecule has 0 saturated carbocycles. The van der Waals surface area contributed by atoms with Gasteiger partial charge >= 0.3 is 0 Å². The molecular weight excluding hydrogens is 256 g/mol. The minimum absolute atomic E-state index is 0. The summed E-state index contributed by atoms with van der Waals surface area (Å²) < 4.78 is 0. The number of hydrogen-bond acceptors (Lipinski definition) is 2. The molecule has 2 aliphatic rings. The summed E-state index contributed by atoms with van der Waals surface area (Å²) in [5, 5.41) is 10.6. The molecule has 0 aromatic rings. The molecule has 8 nitrogen and oxygen atoms in total. The molecule has 2 aliphatic heterocycles. The van der Waals surface area contributed by atoms with Crippen molar-refractivity contribution in [1.29, 1.82) is 0 Å². The predicted octanol–water partition coefficient (Wildman–Crippen LogP) is -4.44. The van der Waals surface area contributed by atoms with Crippen LogP contribution in [0, 0.1) is 0 Å². The van der Waals surface area contributed by atoms with Crippen LogP contribution in [0.5, 0.6) is 0 Å². The molecule has 2 saturated heterocycles. The summed E-state index contributed by atoms with van der Waals surface area (Å²) in [5.41, 5.74) is 0.406. The highest BCUT2D eigenvalue weighted by Gasteiger charge is 2.47. The number of rotatable bonds is 3. The van der Waals surface area contributed by atoms with E-state index >= 15 is 0 Å². The van der Waals surface area contributed by atoms with Crippen LogP contribution in [0.3, 0.4) is 0 Å². The summed E-state index contributed by atoms with van der Waals surface area (Å²) in [7, 11) is 1.61. The average Bonchev–Trinajstić information content (AvgIpc) is 2.72. The Labute approximate surface area is 113 Å². The van der Waals surface area contributed by atoms with Crippen LogP contribution in [0.4, 0.5) is 4.79 Å². The molecular formula is C11H28N2O6. The number of carbonyl (C=O) groups is 1. The number of nitrogens with one attached hydrogen (secondary N) is 1. The Kier molecular flexibility index (Phi) is 11.0. The van der Waals surface area contributed by atoms with E-state index < -0.39 is 6.09 Å². The van der Waals surface area contributed by atoms with E-state index in [4.69, 9.17) is 0 Å². The second kappa shape index (κ2) is 9.05. The molecule has 0 unspecified atom stereocenters. The van der Waals surface area contributed by atoms with Crippen molar-refractivity contribution in [3.63, 3.8) is 0 Å². The zero-order valence-corrected chi connectivity index (χ0v) is 11.4. The highest BCUT2D eigenvalue weighted by molar-refractivity contribution is 5.61. The highest BCUT2D eigenvalue weighted by Crippen LogP contribution is 2.27. The molecule has 0 spiro atoms. The fourth-order valence-corrected chi connectivity index (χ4v) is 3.31. The maximum absolute atomic E-state index is 10.6. The lowest BCUT2D eigenvalue weighted by atomic mass is 9.90. The van der Waals surface area contributed by atoms with Gasteiger partial charge < -0.3 is 41.6 Å². The maximum Gasteiger partial charge on any atom is 0.136 e. The second-order valence-corrected chi connectivity index (χ2v) is 5.03. The van der Waals surface area contributed by atoms with Crippen LogP contribution in [0.1, 0.15) is 32.1 Å². The summed E-state index contributed by atoms with van der Waals surface area (Å²) in [5.74, 6) is 0. The van der Waals surface area contributed by atoms with Crippen molar-refractivity contribution >= 4 is 6.09 Å². The van der Waals surface area contributed by atoms with E-state index in [0.717, 1.165) is 6.42 Å². The van der Waals surface area contributed by atoms with Gasteiger partial charge in [-0.1, -0.05) is 0 Å². The Morgan fingerprint density at radius 1 is 1.16 bits per heavy atom. The van der Waals surface area contributed by atoms with E-state index in [0.29, 0.717) is 12.1 Å². The molecule has 0 bridgehead atoms. The van der Waals surface area contributed by atoms with Gasteiger partial charge in [-0.25, -0.2) is 0 Å². The third-order valence-electron chi connectivity index (χ3n) is 4.26. The lowest BCUT2D eigenvalue weighted by molar-refractivity contribution is -0.926. The molecule has 2 rings (SSSR count). The zero-order chi connectivity index (χ0) is 10.9. The van der Waals surface area contributed by atoms with Crippen molar-refractivity contribution in [3.05, 3.63) is 0 Å². The minimum Gasteiger partial charge on any atom is -0.530 e. The summed E-state index contributed by atoms with van der Waals surface area (Å²) in [6.45, 7) is 3.20. The summed E-state index contributed by atoms with van der Waals surface area (Å²) in [4.78, 5) is 13.6. The van der Waals surface area contributed by atoms with Gasteiger partial charge in [-0.2, -0.15) is 0 Å². The maximum atomic E-state index is 10.6. The highest BCUT2D eigenvalue weighted by atomic mass is 16.4. The zero-order valence-electron chi connectivity index (χ0n) is 11.4. The largest absolute Gasteiger partial charge is 0.530 e. The van der Waals surface area contributed by atoms with Crippen LogP contribution in [0.15, 0.2) is 0 Å². The molecule has 0 aromatic heterocycles. The average molecular weight is 284 g/mol. The number of quaternary nitrogens is 1. The van der Waals surface area contributed by atoms with E-state index in [9.17, 15) is 9.90 Å². The second-order valence-electron chi connectivity index (χ2n) is 5.03. The smallest absolute Gasteiger partial charge is 0.136 e. The van der Waals surface area contributed by atoms with Crippen molar-refractivity contribution in [2.24, 2.45) is 0 Å². The minimum atomic E-state index is -1.05.